The highest BCUT2D eigenvalue weighted by Crippen LogP contribution is 2.34. The molecule has 2 aliphatic rings. The normalized spacial score (nSPS) is 13.7. The summed E-state index contributed by atoms with van der Waals surface area (Å²) in [5.74, 6) is 2.50. The van der Waals surface area contributed by atoms with Gasteiger partial charge in [0, 0.05) is 28.7 Å². The zero-order valence-corrected chi connectivity index (χ0v) is 15.4. The molecule has 0 radical (unpaired) electrons. The molecule has 0 aromatic heterocycles. The first-order valence-corrected chi connectivity index (χ1v) is 9.22. The van der Waals surface area contributed by atoms with Gasteiger partial charge in [-0.15, -0.1) is 0 Å². The largest absolute Gasteiger partial charge is 0.486 e. The Bertz CT molecular complexity index is 1070. The molecule has 3 aromatic carbocycles. The van der Waals surface area contributed by atoms with E-state index in [0.717, 1.165) is 22.9 Å². The van der Waals surface area contributed by atoms with Crippen LogP contribution in [0.5, 0.6) is 23.0 Å². The first-order chi connectivity index (χ1) is 14.2. The van der Waals surface area contributed by atoms with E-state index < -0.39 is 0 Å². The van der Waals surface area contributed by atoms with Crippen LogP contribution in [0.1, 0.15) is 10.4 Å². The number of carbonyl (C=O) groups is 1. The Labute approximate surface area is 167 Å². The second-order valence-corrected chi connectivity index (χ2v) is 6.58. The smallest absolute Gasteiger partial charge is 0.255 e. The second-order valence-electron chi connectivity index (χ2n) is 6.58. The lowest BCUT2D eigenvalue weighted by molar-refractivity contribution is 0.102. The Morgan fingerprint density at radius 1 is 0.655 bits per heavy atom. The lowest BCUT2D eigenvalue weighted by Crippen LogP contribution is -2.15. The van der Waals surface area contributed by atoms with E-state index in [9.17, 15) is 4.79 Å². The summed E-state index contributed by atoms with van der Waals surface area (Å²) in [7, 11) is 0. The summed E-state index contributed by atoms with van der Waals surface area (Å²) in [5, 5.41) is 6.20. The van der Waals surface area contributed by atoms with Gasteiger partial charge in [-0.2, -0.15) is 0 Å². The fraction of sp³-hybridized carbons (Fsp3) is 0.136. The van der Waals surface area contributed by atoms with Crippen molar-refractivity contribution in [3.05, 3.63) is 66.2 Å². The fourth-order valence-electron chi connectivity index (χ4n) is 3.17. The van der Waals surface area contributed by atoms with Gasteiger partial charge >= 0.3 is 0 Å². The highest BCUT2D eigenvalue weighted by molar-refractivity contribution is 6.04. The lowest BCUT2D eigenvalue weighted by atomic mass is 10.2. The van der Waals surface area contributed by atoms with E-state index in [2.05, 4.69) is 10.6 Å². The van der Waals surface area contributed by atoms with E-state index in [0.29, 0.717) is 36.0 Å². The molecule has 0 saturated carbocycles. The Kier molecular flexibility index (Phi) is 4.32. The minimum Gasteiger partial charge on any atom is -0.486 e. The van der Waals surface area contributed by atoms with E-state index in [-0.39, 0.29) is 12.7 Å². The van der Waals surface area contributed by atoms with Crippen molar-refractivity contribution in [1.82, 2.24) is 0 Å². The SMILES string of the molecule is O=C(Nc1ccc(Nc2ccc3c(c2)OCCO3)cc1)c1ccc2c(c1)OCO2. The average Bonchev–Trinajstić information content (AvgIpc) is 3.23. The summed E-state index contributed by atoms with van der Waals surface area (Å²) in [6.45, 7) is 1.30. The molecule has 0 saturated heterocycles. The maximum Gasteiger partial charge on any atom is 0.255 e. The summed E-state index contributed by atoms with van der Waals surface area (Å²) in [5.41, 5.74) is 2.99. The molecular weight excluding hydrogens is 372 g/mol. The molecule has 0 aliphatic carbocycles. The van der Waals surface area contributed by atoms with Gasteiger partial charge in [-0.25, -0.2) is 0 Å². The third-order valence-corrected chi connectivity index (χ3v) is 4.61. The van der Waals surface area contributed by atoms with E-state index >= 15 is 0 Å². The highest BCUT2D eigenvalue weighted by Gasteiger charge is 2.16. The van der Waals surface area contributed by atoms with Crippen LogP contribution < -0.4 is 29.6 Å². The van der Waals surface area contributed by atoms with Gasteiger partial charge in [-0.05, 0) is 54.6 Å². The van der Waals surface area contributed by atoms with Crippen molar-refractivity contribution in [2.24, 2.45) is 0 Å². The molecule has 0 spiro atoms. The van der Waals surface area contributed by atoms with Gasteiger partial charge in [0.25, 0.3) is 5.91 Å². The summed E-state index contributed by atoms with van der Waals surface area (Å²) in [6.07, 6.45) is 0. The predicted octanol–water partition coefficient (Wildman–Crippen LogP) is 4.18. The van der Waals surface area contributed by atoms with Crippen molar-refractivity contribution in [3.63, 3.8) is 0 Å². The van der Waals surface area contributed by atoms with Crippen LogP contribution >= 0.6 is 0 Å². The first kappa shape index (κ1) is 17.2. The minimum absolute atomic E-state index is 0.179. The molecule has 1 amide bonds. The molecular formula is C22H18N2O5. The van der Waals surface area contributed by atoms with E-state index in [1.807, 2.05) is 42.5 Å². The molecule has 7 nitrogen and oxygen atoms in total. The number of fused-ring (bicyclic) bond motifs is 2. The Hall–Kier alpha value is -3.87. The van der Waals surface area contributed by atoms with Crippen molar-refractivity contribution in [1.29, 1.82) is 0 Å². The van der Waals surface area contributed by atoms with Gasteiger partial charge in [0.2, 0.25) is 6.79 Å². The molecule has 0 atom stereocenters. The van der Waals surface area contributed by atoms with Crippen LogP contribution in [0.25, 0.3) is 0 Å². The molecule has 7 heteroatoms. The monoisotopic (exact) mass is 390 g/mol. The molecule has 2 heterocycles. The molecule has 0 fully saturated rings. The van der Waals surface area contributed by atoms with Crippen molar-refractivity contribution in [3.8, 4) is 23.0 Å². The minimum atomic E-state index is -0.212. The topological polar surface area (TPSA) is 78.1 Å². The van der Waals surface area contributed by atoms with Gasteiger partial charge in [0.1, 0.15) is 13.2 Å². The fourth-order valence-corrected chi connectivity index (χ4v) is 3.17. The molecule has 2 N–H and O–H groups in total. The van der Waals surface area contributed by atoms with Gasteiger partial charge < -0.3 is 29.6 Å². The summed E-state index contributed by atoms with van der Waals surface area (Å²) >= 11 is 0. The Balaban J connectivity index is 1.25. The number of rotatable bonds is 4. The number of ether oxygens (including phenoxy) is 4. The van der Waals surface area contributed by atoms with Crippen molar-refractivity contribution >= 4 is 23.0 Å². The molecule has 0 unspecified atom stereocenters. The van der Waals surface area contributed by atoms with Crippen LogP contribution in [-0.4, -0.2) is 25.9 Å². The van der Waals surface area contributed by atoms with Crippen molar-refractivity contribution < 1.29 is 23.7 Å². The number of hydrogen-bond acceptors (Lipinski definition) is 6. The Morgan fingerprint density at radius 2 is 1.28 bits per heavy atom. The number of carbonyl (C=O) groups excluding carboxylic acids is 1. The zero-order valence-electron chi connectivity index (χ0n) is 15.4. The van der Waals surface area contributed by atoms with Crippen LogP contribution in [0.15, 0.2) is 60.7 Å². The van der Waals surface area contributed by atoms with Crippen LogP contribution in [0.3, 0.4) is 0 Å². The number of benzene rings is 3. The van der Waals surface area contributed by atoms with Crippen LogP contribution in [-0.2, 0) is 0 Å². The summed E-state index contributed by atoms with van der Waals surface area (Å²) in [4.78, 5) is 12.5. The van der Waals surface area contributed by atoms with E-state index in [1.54, 1.807) is 18.2 Å². The van der Waals surface area contributed by atoms with Crippen LogP contribution in [0, 0.1) is 0 Å². The van der Waals surface area contributed by atoms with Gasteiger partial charge in [0.15, 0.2) is 23.0 Å². The molecule has 5 rings (SSSR count). The maximum absolute atomic E-state index is 12.5. The molecule has 2 aliphatic heterocycles. The lowest BCUT2D eigenvalue weighted by Gasteiger charge is -2.19. The van der Waals surface area contributed by atoms with Gasteiger partial charge in [-0.1, -0.05) is 0 Å². The van der Waals surface area contributed by atoms with Crippen molar-refractivity contribution in [2.75, 3.05) is 30.6 Å². The molecule has 29 heavy (non-hydrogen) atoms. The van der Waals surface area contributed by atoms with E-state index in [1.165, 1.54) is 0 Å². The summed E-state index contributed by atoms with van der Waals surface area (Å²) in [6, 6.07) is 18.3. The van der Waals surface area contributed by atoms with Gasteiger partial charge in [0.05, 0.1) is 0 Å². The number of hydrogen-bond donors (Lipinski definition) is 2. The predicted molar refractivity (Wildman–Crippen MR) is 108 cm³/mol. The number of nitrogens with one attached hydrogen (secondary N) is 2. The Morgan fingerprint density at radius 3 is 2.14 bits per heavy atom. The average molecular weight is 390 g/mol. The van der Waals surface area contributed by atoms with E-state index in [4.69, 9.17) is 18.9 Å². The van der Waals surface area contributed by atoms with Crippen LogP contribution in [0.2, 0.25) is 0 Å². The quantitative estimate of drug-likeness (QED) is 0.696. The molecule has 146 valence electrons. The van der Waals surface area contributed by atoms with Gasteiger partial charge in [-0.3, -0.25) is 4.79 Å². The first-order valence-electron chi connectivity index (χ1n) is 9.22. The summed E-state index contributed by atoms with van der Waals surface area (Å²) < 4.78 is 21.7. The third kappa shape index (κ3) is 3.62. The van der Waals surface area contributed by atoms with Crippen molar-refractivity contribution in [2.45, 2.75) is 0 Å². The number of amides is 1. The molecule has 3 aromatic rings. The second kappa shape index (κ2) is 7.27. The molecule has 0 bridgehead atoms. The maximum atomic E-state index is 12.5. The highest BCUT2D eigenvalue weighted by atomic mass is 16.7. The zero-order chi connectivity index (χ0) is 19.6. The standard InChI is InChI=1S/C22H18N2O5/c25-22(14-1-7-19-20(11-14)29-13-28-19)24-16-4-2-15(3-5-16)23-17-6-8-18-21(12-17)27-10-9-26-18/h1-8,11-12,23H,9-10,13H2,(H,24,25). The third-order valence-electron chi connectivity index (χ3n) is 4.61. The van der Waals surface area contributed by atoms with Crippen LogP contribution in [0.4, 0.5) is 17.1 Å². The number of anilines is 3.